The van der Waals surface area contributed by atoms with E-state index < -0.39 is 5.97 Å². The van der Waals surface area contributed by atoms with E-state index in [1.807, 2.05) is 0 Å². The van der Waals surface area contributed by atoms with Gasteiger partial charge in [-0.3, -0.25) is 4.79 Å². The molecule has 0 atom stereocenters. The predicted molar refractivity (Wildman–Crippen MR) is 45.7 cm³/mol. The van der Waals surface area contributed by atoms with E-state index in [4.69, 9.17) is 0 Å². The standard InChI is InChI=1S/C9H16O3/c1-8(2)5-3-4-6-12-9(11)7-10/h7-8H,3-6H2,1-2H3. The minimum atomic E-state index is -0.764. The second kappa shape index (κ2) is 6.83. The maximum Gasteiger partial charge on any atom is 0.371 e. The van der Waals surface area contributed by atoms with E-state index in [9.17, 15) is 9.59 Å². The number of hydrogen-bond acceptors (Lipinski definition) is 3. The van der Waals surface area contributed by atoms with E-state index in [1.54, 1.807) is 0 Å². The van der Waals surface area contributed by atoms with E-state index in [0.717, 1.165) is 19.3 Å². The number of esters is 1. The number of rotatable bonds is 6. The number of carbonyl (C=O) groups excluding carboxylic acids is 2. The van der Waals surface area contributed by atoms with Crippen molar-refractivity contribution in [2.45, 2.75) is 33.1 Å². The number of unbranched alkanes of at least 4 members (excludes halogenated alkanes) is 1. The first-order valence-electron chi connectivity index (χ1n) is 4.28. The number of hydrogen-bond donors (Lipinski definition) is 0. The second-order valence-electron chi connectivity index (χ2n) is 3.17. The van der Waals surface area contributed by atoms with Gasteiger partial charge in [-0.25, -0.2) is 4.79 Å². The van der Waals surface area contributed by atoms with Gasteiger partial charge in [0, 0.05) is 0 Å². The highest BCUT2D eigenvalue weighted by molar-refractivity contribution is 6.20. The molecule has 0 saturated heterocycles. The molecule has 0 rings (SSSR count). The Kier molecular flexibility index (Phi) is 6.34. The van der Waals surface area contributed by atoms with E-state index in [2.05, 4.69) is 18.6 Å². The number of aldehydes is 1. The average molecular weight is 172 g/mol. The molecule has 0 aliphatic carbocycles. The number of ether oxygens (including phenoxy) is 1. The third kappa shape index (κ3) is 7.25. The first-order chi connectivity index (χ1) is 5.66. The zero-order valence-electron chi connectivity index (χ0n) is 7.71. The highest BCUT2D eigenvalue weighted by atomic mass is 16.5. The molecule has 0 radical (unpaired) electrons. The Hall–Kier alpha value is -0.860. The van der Waals surface area contributed by atoms with Crippen LogP contribution in [0.4, 0.5) is 0 Å². The van der Waals surface area contributed by atoms with Crippen molar-refractivity contribution in [1.29, 1.82) is 0 Å². The first kappa shape index (κ1) is 11.1. The fourth-order valence-corrected chi connectivity index (χ4v) is 0.861. The molecule has 0 aliphatic rings. The van der Waals surface area contributed by atoms with Crippen LogP contribution < -0.4 is 0 Å². The lowest BCUT2D eigenvalue weighted by atomic mass is 10.1. The highest BCUT2D eigenvalue weighted by Gasteiger charge is 1.98. The van der Waals surface area contributed by atoms with Gasteiger partial charge < -0.3 is 4.74 Å². The van der Waals surface area contributed by atoms with Crippen molar-refractivity contribution in [1.82, 2.24) is 0 Å². The third-order valence-electron chi connectivity index (χ3n) is 1.52. The molecule has 70 valence electrons. The van der Waals surface area contributed by atoms with Crippen molar-refractivity contribution >= 4 is 12.3 Å². The van der Waals surface area contributed by atoms with Gasteiger partial charge in [-0.05, 0) is 18.8 Å². The van der Waals surface area contributed by atoms with E-state index in [-0.39, 0.29) is 6.29 Å². The first-order valence-corrected chi connectivity index (χ1v) is 4.28. The summed E-state index contributed by atoms with van der Waals surface area (Å²) in [6.45, 7) is 4.67. The zero-order chi connectivity index (χ0) is 9.40. The van der Waals surface area contributed by atoms with Crippen molar-refractivity contribution in [3.8, 4) is 0 Å². The lowest BCUT2D eigenvalue weighted by molar-refractivity contribution is -0.148. The fraction of sp³-hybridized carbons (Fsp3) is 0.778. The Morgan fingerprint density at radius 2 is 2.08 bits per heavy atom. The van der Waals surface area contributed by atoms with Crippen LogP contribution in [-0.4, -0.2) is 18.9 Å². The van der Waals surface area contributed by atoms with Crippen molar-refractivity contribution in [2.24, 2.45) is 5.92 Å². The molecule has 0 fully saturated rings. The normalized spacial score (nSPS) is 9.92. The van der Waals surface area contributed by atoms with Crippen LogP contribution in [0.15, 0.2) is 0 Å². The van der Waals surface area contributed by atoms with Crippen molar-refractivity contribution in [3.63, 3.8) is 0 Å². The molecule has 0 N–H and O–H groups in total. The van der Waals surface area contributed by atoms with Crippen LogP contribution in [0.1, 0.15) is 33.1 Å². The van der Waals surface area contributed by atoms with Gasteiger partial charge in [-0.15, -0.1) is 0 Å². The van der Waals surface area contributed by atoms with Gasteiger partial charge in [-0.1, -0.05) is 20.3 Å². The third-order valence-corrected chi connectivity index (χ3v) is 1.52. The minimum absolute atomic E-state index is 0.197. The topological polar surface area (TPSA) is 43.4 Å². The SMILES string of the molecule is CC(C)CCCCOC(=O)C=O. The highest BCUT2D eigenvalue weighted by Crippen LogP contribution is 2.05. The smallest absolute Gasteiger partial charge is 0.371 e. The Labute approximate surface area is 73.1 Å². The van der Waals surface area contributed by atoms with E-state index >= 15 is 0 Å². The molecule has 0 saturated carbocycles. The van der Waals surface area contributed by atoms with Gasteiger partial charge in [0.15, 0.2) is 0 Å². The molecule has 0 unspecified atom stereocenters. The maximum atomic E-state index is 10.3. The van der Waals surface area contributed by atoms with Crippen molar-refractivity contribution in [3.05, 3.63) is 0 Å². The van der Waals surface area contributed by atoms with Crippen molar-refractivity contribution < 1.29 is 14.3 Å². The molecule has 0 amide bonds. The molecule has 0 aliphatic heterocycles. The largest absolute Gasteiger partial charge is 0.460 e. The van der Waals surface area contributed by atoms with E-state index in [1.165, 1.54) is 0 Å². The van der Waals surface area contributed by atoms with Crippen LogP contribution in [0.5, 0.6) is 0 Å². The van der Waals surface area contributed by atoms with Crippen LogP contribution in [-0.2, 0) is 14.3 Å². The average Bonchev–Trinajstić information content (AvgIpc) is 2.03. The van der Waals surface area contributed by atoms with Crippen LogP contribution in [0.2, 0.25) is 0 Å². The maximum absolute atomic E-state index is 10.3. The summed E-state index contributed by atoms with van der Waals surface area (Å²) in [5, 5.41) is 0. The van der Waals surface area contributed by atoms with Crippen LogP contribution in [0, 0.1) is 5.92 Å². The summed E-state index contributed by atoms with van der Waals surface area (Å²) >= 11 is 0. The molecular weight excluding hydrogens is 156 g/mol. The summed E-state index contributed by atoms with van der Waals surface area (Å²) in [4.78, 5) is 20.1. The summed E-state index contributed by atoms with van der Waals surface area (Å²) in [5.41, 5.74) is 0. The molecule has 0 aromatic heterocycles. The molecule has 0 spiro atoms. The summed E-state index contributed by atoms with van der Waals surface area (Å²) in [5.74, 6) is -0.0775. The second-order valence-corrected chi connectivity index (χ2v) is 3.17. The molecule has 0 aromatic rings. The number of carbonyl (C=O) groups is 2. The lowest BCUT2D eigenvalue weighted by Crippen LogP contribution is -2.06. The molecule has 3 heteroatoms. The van der Waals surface area contributed by atoms with E-state index in [0.29, 0.717) is 12.5 Å². The molecule has 0 heterocycles. The van der Waals surface area contributed by atoms with Crippen LogP contribution in [0.25, 0.3) is 0 Å². The summed E-state index contributed by atoms with van der Waals surface area (Å²) < 4.78 is 4.57. The molecule has 12 heavy (non-hydrogen) atoms. The van der Waals surface area contributed by atoms with Gasteiger partial charge >= 0.3 is 5.97 Å². The van der Waals surface area contributed by atoms with Gasteiger partial charge in [0.05, 0.1) is 6.61 Å². The predicted octanol–water partition coefficient (Wildman–Crippen LogP) is 1.55. The molecule has 3 nitrogen and oxygen atoms in total. The van der Waals surface area contributed by atoms with Gasteiger partial charge in [0.2, 0.25) is 6.29 Å². The summed E-state index contributed by atoms with van der Waals surface area (Å²) in [6, 6.07) is 0. The fourth-order valence-electron chi connectivity index (χ4n) is 0.861. The monoisotopic (exact) mass is 172 g/mol. The molecule has 0 bridgehead atoms. The Morgan fingerprint density at radius 3 is 2.58 bits per heavy atom. The molecule has 0 aromatic carbocycles. The Bertz CT molecular complexity index is 141. The van der Waals surface area contributed by atoms with Gasteiger partial charge in [0.25, 0.3) is 0 Å². The van der Waals surface area contributed by atoms with Crippen molar-refractivity contribution in [2.75, 3.05) is 6.61 Å². The quantitative estimate of drug-likeness (QED) is 0.264. The van der Waals surface area contributed by atoms with Gasteiger partial charge in [-0.2, -0.15) is 0 Å². The lowest BCUT2D eigenvalue weighted by Gasteiger charge is -2.03. The molecular formula is C9H16O3. The zero-order valence-corrected chi connectivity index (χ0v) is 7.71. The Morgan fingerprint density at radius 1 is 1.42 bits per heavy atom. The summed E-state index contributed by atoms with van der Waals surface area (Å²) in [7, 11) is 0. The minimum Gasteiger partial charge on any atom is -0.460 e. The summed E-state index contributed by atoms with van der Waals surface area (Å²) in [6.07, 6.45) is 3.22. The van der Waals surface area contributed by atoms with Crippen LogP contribution in [0.3, 0.4) is 0 Å². The van der Waals surface area contributed by atoms with Gasteiger partial charge in [0.1, 0.15) is 0 Å². The van der Waals surface area contributed by atoms with Crippen LogP contribution >= 0.6 is 0 Å². The Balaban J connectivity index is 3.11.